The molecule has 134 valence electrons. The van der Waals surface area contributed by atoms with Crippen molar-refractivity contribution in [2.75, 3.05) is 33.4 Å². The molecule has 2 aliphatic rings. The zero-order valence-corrected chi connectivity index (χ0v) is 14.5. The Hall–Kier alpha value is -1.14. The number of ether oxygens (including phenoxy) is 3. The van der Waals surface area contributed by atoms with Crippen LogP contribution in [0.5, 0.6) is 5.75 Å². The average Bonchev–Trinajstić information content (AvgIpc) is 2.62. The number of methoxy groups -OCH3 is 1. The summed E-state index contributed by atoms with van der Waals surface area (Å²) in [6.07, 6.45) is 4.77. The van der Waals surface area contributed by atoms with Crippen molar-refractivity contribution in [1.29, 1.82) is 0 Å². The van der Waals surface area contributed by atoms with E-state index in [0.717, 1.165) is 30.9 Å². The van der Waals surface area contributed by atoms with Crippen LogP contribution in [0.4, 0.5) is 0 Å². The van der Waals surface area contributed by atoms with Crippen LogP contribution in [0.3, 0.4) is 0 Å². The number of aliphatic hydroxyl groups is 1. The maximum Gasteiger partial charge on any atom is 0.119 e. The van der Waals surface area contributed by atoms with Gasteiger partial charge in [0.1, 0.15) is 5.75 Å². The number of fused-ring (bicyclic) bond motifs is 1. The quantitative estimate of drug-likeness (QED) is 0.828. The molecule has 3 atom stereocenters. The predicted molar refractivity (Wildman–Crippen MR) is 92.2 cm³/mol. The molecule has 0 aromatic heterocycles. The highest BCUT2D eigenvalue weighted by Gasteiger charge is 2.34. The molecule has 0 spiro atoms. The van der Waals surface area contributed by atoms with E-state index >= 15 is 0 Å². The van der Waals surface area contributed by atoms with Crippen LogP contribution in [0.25, 0.3) is 0 Å². The highest BCUT2D eigenvalue weighted by Crippen LogP contribution is 2.28. The van der Waals surface area contributed by atoms with Crippen LogP contribution in [-0.4, -0.2) is 61.7 Å². The summed E-state index contributed by atoms with van der Waals surface area (Å²) in [6, 6.07) is 8.30. The molecule has 24 heavy (non-hydrogen) atoms. The number of β-amino-alcohol motifs (C(OH)–C–C–N with tert-alkyl or cyclic N) is 1. The molecule has 1 aliphatic carbocycles. The lowest BCUT2D eigenvalue weighted by molar-refractivity contribution is -0.103. The Labute approximate surface area is 144 Å². The van der Waals surface area contributed by atoms with E-state index in [1.54, 1.807) is 7.11 Å². The zero-order chi connectivity index (χ0) is 16.8. The number of hydrogen-bond donors (Lipinski definition) is 1. The smallest absolute Gasteiger partial charge is 0.119 e. The fourth-order valence-corrected chi connectivity index (χ4v) is 3.80. The second kappa shape index (κ2) is 8.81. The summed E-state index contributed by atoms with van der Waals surface area (Å²) < 4.78 is 16.8. The molecule has 1 heterocycles. The summed E-state index contributed by atoms with van der Waals surface area (Å²) in [6.45, 7) is 3.20. The molecular formula is C19H29NO4. The van der Waals surface area contributed by atoms with Gasteiger partial charge in [0.15, 0.2) is 0 Å². The molecule has 5 heteroatoms. The Bertz CT molecular complexity index is 508. The SMILES string of the molecule is COc1cccc(COC[C@H](O)CN2CCO[C@@H]3CCCC[C@H]32)c1. The molecule has 0 bridgehead atoms. The van der Waals surface area contributed by atoms with E-state index in [9.17, 15) is 5.11 Å². The van der Waals surface area contributed by atoms with Crippen LogP contribution < -0.4 is 4.74 Å². The summed E-state index contributed by atoms with van der Waals surface area (Å²) in [5, 5.41) is 10.3. The minimum Gasteiger partial charge on any atom is -0.497 e. The summed E-state index contributed by atoms with van der Waals surface area (Å²) >= 11 is 0. The first-order valence-electron chi connectivity index (χ1n) is 9.00. The summed E-state index contributed by atoms with van der Waals surface area (Å²) in [5.41, 5.74) is 1.06. The molecule has 1 N–H and O–H groups in total. The molecule has 1 aromatic carbocycles. The predicted octanol–water partition coefficient (Wildman–Crippen LogP) is 2.22. The topological polar surface area (TPSA) is 51.2 Å². The van der Waals surface area contributed by atoms with Crippen molar-refractivity contribution in [1.82, 2.24) is 4.90 Å². The number of morpholine rings is 1. The van der Waals surface area contributed by atoms with E-state index < -0.39 is 6.10 Å². The Morgan fingerprint density at radius 1 is 1.33 bits per heavy atom. The van der Waals surface area contributed by atoms with Gasteiger partial charge in [0, 0.05) is 19.1 Å². The molecule has 1 saturated heterocycles. The van der Waals surface area contributed by atoms with Crippen molar-refractivity contribution in [2.45, 2.75) is 50.5 Å². The number of rotatable bonds is 7. The van der Waals surface area contributed by atoms with Gasteiger partial charge < -0.3 is 19.3 Å². The molecule has 5 nitrogen and oxygen atoms in total. The van der Waals surface area contributed by atoms with Gasteiger partial charge in [-0.15, -0.1) is 0 Å². The molecule has 1 aliphatic heterocycles. The maximum absolute atomic E-state index is 10.3. The monoisotopic (exact) mass is 335 g/mol. The fourth-order valence-electron chi connectivity index (χ4n) is 3.80. The van der Waals surface area contributed by atoms with Gasteiger partial charge in [0.2, 0.25) is 0 Å². The van der Waals surface area contributed by atoms with Gasteiger partial charge in [0.05, 0.1) is 39.1 Å². The highest BCUT2D eigenvalue weighted by molar-refractivity contribution is 5.27. The molecule has 3 rings (SSSR count). The first kappa shape index (κ1) is 17.7. The van der Waals surface area contributed by atoms with E-state index in [1.807, 2.05) is 24.3 Å². The number of nitrogens with zero attached hydrogens (tertiary/aromatic N) is 1. The molecule has 0 unspecified atom stereocenters. The second-order valence-corrected chi connectivity index (χ2v) is 6.78. The van der Waals surface area contributed by atoms with Crippen molar-refractivity contribution < 1.29 is 19.3 Å². The van der Waals surface area contributed by atoms with Crippen LogP contribution in [0, 0.1) is 0 Å². The Kier molecular flexibility index (Phi) is 6.49. The average molecular weight is 335 g/mol. The van der Waals surface area contributed by atoms with Crippen molar-refractivity contribution >= 4 is 0 Å². The third-order valence-corrected chi connectivity index (χ3v) is 5.01. The largest absolute Gasteiger partial charge is 0.497 e. The Morgan fingerprint density at radius 2 is 2.21 bits per heavy atom. The third kappa shape index (κ3) is 4.70. The van der Waals surface area contributed by atoms with Crippen LogP contribution in [-0.2, 0) is 16.1 Å². The van der Waals surface area contributed by atoms with Gasteiger partial charge in [-0.05, 0) is 30.5 Å². The zero-order valence-electron chi connectivity index (χ0n) is 14.5. The summed E-state index contributed by atoms with van der Waals surface area (Å²) in [5.74, 6) is 0.827. The van der Waals surface area contributed by atoms with Gasteiger partial charge in [-0.1, -0.05) is 25.0 Å². The number of benzene rings is 1. The van der Waals surface area contributed by atoms with E-state index in [4.69, 9.17) is 14.2 Å². The molecule has 1 aromatic rings. The minimum absolute atomic E-state index is 0.353. The molecule has 2 fully saturated rings. The van der Waals surface area contributed by atoms with E-state index in [1.165, 1.54) is 19.3 Å². The minimum atomic E-state index is -0.462. The van der Waals surface area contributed by atoms with Crippen LogP contribution in [0.1, 0.15) is 31.2 Å². The van der Waals surface area contributed by atoms with Crippen LogP contribution in [0.2, 0.25) is 0 Å². The third-order valence-electron chi connectivity index (χ3n) is 5.01. The highest BCUT2D eigenvalue weighted by atomic mass is 16.5. The first-order chi connectivity index (χ1) is 11.8. The van der Waals surface area contributed by atoms with E-state index in [2.05, 4.69) is 4.90 Å². The fraction of sp³-hybridized carbons (Fsp3) is 0.684. The molecule has 1 saturated carbocycles. The van der Waals surface area contributed by atoms with Gasteiger partial charge in [-0.3, -0.25) is 4.90 Å². The lowest BCUT2D eigenvalue weighted by Crippen LogP contribution is -2.54. The molecule has 0 amide bonds. The van der Waals surface area contributed by atoms with Crippen molar-refractivity contribution in [2.24, 2.45) is 0 Å². The van der Waals surface area contributed by atoms with Crippen LogP contribution >= 0.6 is 0 Å². The summed E-state index contributed by atoms with van der Waals surface area (Å²) in [4.78, 5) is 2.40. The Morgan fingerprint density at radius 3 is 3.08 bits per heavy atom. The van der Waals surface area contributed by atoms with Crippen molar-refractivity contribution in [3.05, 3.63) is 29.8 Å². The normalized spacial score (nSPS) is 25.9. The van der Waals surface area contributed by atoms with Gasteiger partial charge in [0.25, 0.3) is 0 Å². The summed E-state index contributed by atoms with van der Waals surface area (Å²) in [7, 11) is 1.66. The van der Waals surface area contributed by atoms with Gasteiger partial charge >= 0.3 is 0 Å². The van der Waals surface area contributed by atoms with Crippen LogP contribution in [0.15, 0.2) is 24.3 Å². The second-order valence-electron chi connectivity index (χ2n) is 6.78. The number of hydrogen-bond acceptors (Lipinski definition) is 5. The molecular weight excluding hydrogens is 306 g/mol. The van der Waals surface area contributed by atoms with Crippen molar-refractivity contribution in [3.63, 3.8) is 0 Å². The molecule has 0 radical (unpaired) electrons. The van der Waals surface area contributed by atoms with Gasteiger partial charge in [-0.2, -0.15) is 0 Å². The Balaban J connectivity index is 1.42. The van der Waals surface area contributed by atoms with Crippen molar-refractivity contribution in [3.8, 4) is 5.75 Å². The van der Waals surface area contributed by atoms with E-state index in [0.29, 0.717) is 31.9 Å². The maximum atomic E-state index is 10.3. The first-order valence-corrected chi connectivity index (χ1v) is 9.00. The lowest BCUT2D eigenvalue weighted by atomic mass is 9.90. The van der Waals surface area contributed by atoms with Gasteiger partial charge in [-0.25, -0.2) is 0 Å². The van der Waals surface area contributed by atoms with E-state index in [-0.39, 0.29) is 0 Å². The number of aliphatic hydroxyl groups excluding tert-OH is 1. The standard InChI is InChI=1S/C19H29NO4/c1-22-17-6-4-5-15(11-17)13-23-14-16(21)12-20-9-10-24-19-8-3-2-7-18(19)20/h4-6,11,16,18-19,21H,2-3,7-10,12-14H2,1H3/t16-,18-,19-/m1/s1. The lowest BCUT2D eigenvalue weighted by Gasteiger charge is -2.44.